The number of ether oxygens (including phenoxy) is 2. The Bertz CT molecular complexity index is 1590. The number of nitrogens with one attached hydrogen (secondary N) is 1. The lowest BCUT2D eigenvalue weighted by atomic mass is 9.49. The number of hydrogen-bond acceptors (Lipinski definition) is 8. The summed E-state index contributed by atoms with van der Waals surface area (Å²) in [4.78, 5) is 32.8. The van der Waals surface area contributed by atoms with Crippen LogP contribution >= 0.6 is 0 Å². The third-order valence-corrected chi connectivity index (χ3v) is 9.33. The molecule has 4 aromatic rings. The monoisotopic (exact) mass is 540 g/mol. The van der Waals surface area contributed by atoms with Crippen molar-refractivity contribution >= 4 is 29.6 Å². The number of methoxy groups -OCH3 is 1. The number of imidazole rings is 1. The average Bonchev–Trinajstić information content (AvgIpc) is 3.50. The lowest BCUT2D eigenvalue weighted by Gasteiger charge is -2.56. The van der Waals surface area contributed by atoms with Gasteiger partial charge in [-0.2, -0.15) is 5.10 Å². The minimum atomic E-state index is -0.475. The van der Waals surface area contributed by atoms with E-state index in [-0.39, 0.29) is 0 Å². The minimum absolute atomic E-state index is 0.326. The number of carbonyl (C=O) groups is 2. The number of rotatable bonds is 8. The number of carbonyl (C=O) groups excluding carboxylic acids is 2. The Hall–Kier alpha value is -4.21. The predicted octanol–water partition coefficient (Wildman–Crippen LogP) is 5.18. The molecule has 206 valence electrons. The molecule has 4 aliphatic carbocycles. The van der Waals surface area contributed by atoms with E-state index in [9.17, 15) is 9.59 Å². The van der Waals surface area contributed by atoms with Crippen molar-refractivity contribution in [3.63, 3.8) is 0 Å². The van der Waals surface area contributed by atoms with E-state index in [0.717, 1.165) is 41.1 Å². The van der Waals surface area contributed by atoms with Crippen molar-refractivity contribution in [1.29, 1.82) is 0 Å². The first-order valence-corrected chi connectivity index (χ1v) is 13.9. The molecule has 4 fully saturated rings. The summed E-state index contributed by atoms with van der Waals surface area (Å²) in [5, 5.41) is 8.04. The van der Waals surface area contributed by atoms with E-state index in [1.807, 2.05) is 18.5 Å². The molecular formula is C30H32N6O4. The van der Waals surface area contributed by atoms with Crippen LogP contribution in [0, 0.1) is 30.1 Å². The van der Waals surface area contributed by atoms with Gasteiger partial charge in [-0.3, -0.25) is 18.9 Å². The second-order valence-electron chi connectivity index (χ2n) is 11.9. The predicted molar refractivity (Wildman–Crippen MR) is 147 cm³/mol. The number of hydrogen-bond donors (Lipinski definition) is 1. The molecule has 4 saturated carbocycles. The number of fused-ring (bicyclic) bond motifs is 1. The van der Waals surface area contributed by atoms with Gasteiger partial charge in [0.25, 0.3) is 6.47 Å². The van der Waals surface area contributed by atoms with E-state index < -0.39 is 5.97 Å². The highest BCUT2D eigenvalue weighted by molar-refractivity contribution is 6.03. The van der Waals surface area contributed by atoms with Crippen LogP contribution in [0.25, 0.3) is 16.8 Å². The van der Waals surface area contributed by atoms with Crippen LogP contribution in [-0.2, 0) is 16.1 Å². The van der Waals surface area contributed by atoms with Crippen LogP contribution in [-0.4, -0.2) is 43.7 Å². The average molecular weight is 541 g/mol. The molecule has 0 unspecified atom stereocenters. The maximum absolute atomic E-state index is 13.2. The number of pyridine rings is 2. The summed E-state index contributed by atoms with van der Waals surface area (Å²) in [6, 6.07) is 3.49. The first-order valence-electron chi connectivity index (χ1n) is 13.9. The van der Waals surface area contributed by atoms with Crippen LogP contribution < -0.4 is 10.1 Å². The largest absolute Gasteiger partial charge is 0.465 e. The van der Waals surface area contributed by atoms with Gasteiger partial charge in [-0.15, -0.1) is 0 Å². The Morgan fingerprint density at radius 1 is 1.10 bits per heavy atom. The Kier molecular flexibility index (Phi) is 5.87. The summed E-state index contributed by atoms with van der Waals surface area (Å²) < 4.78 is 14.2. The van der Waals surface area contributed by atoms with Crippen LogP contribution in [0.2, 0.25) is 0 Å². The SMILES string of the molecule is COC(=O)c1c(-c2cnn(CC34CC5CC(CC(C5)C3)C4)c2C)ccn2c(Nc3cnccc3OC=O)cnc12. The molecule has 0 radical (unpaired) electrons. The van der Waals surface area contributed by atoms with Gasteiger partial charge in [0.2, 0.25) is 0 Å². The molecule has 0 amide bonds. The van der Waals surface area contributed by atoms with Crippen LogP contribution in [0.4, 0.5) is 11.5 Å². The fourth-order valence-electron chi connectivity index (χ4n) is 8.11. The maximum Gasteiger partial charge on any atom is 0.342 e. The Labute approximate surface area is 231 Å². The Morgan fingerprint density at radius 2 is 1.85 bits per heavy atom. The topological polar surface area (TPSA) is 113 Å². The van der Waals surface area contributed by atoms with Gasteiger partial charge >= 0.3 is 5.97 Å². The van der Waals surface area contributed by atoms with Crippen molar-refractivity contribution in [3.05, 3.63) is 54.4 Å². The number of esters is 1. The highest BCUT2D eigenvalue weighted by atomic mass is 16.5. The second kappa shape index (κ2) is 9.46. The Balaban J connectivity index is 1.24. The summed E-state index contributed by atoms with van der Waals surface area (Å²) in [7, 11) is 1.37. The lowest BCUT2D eigenvalue weighted by Crippen LogP contribution is -2.48. The van der Waals surface area contributed by atoms with Crippen LogP contribution in [0.15, 0.2) is 43.1 Å². The van der Waals surface area contributed by atoms with E-state index >= 15 is 0 Å². The van der Waals surface area contributed by atoms with Crippen molar-refractivity contribution in [1.82, 2.24) is 24.1 Å². The highest BCUT2D eigenvalue weighted by Gasteiger charge is 2.51. The molecule has 0 atom stereocenters. The standard InChI is InChI=1S/C30H32N6O4/c1-18-23(13-33-36(18)16-30-10-19-7-20(11-30)9-21(8-19)12-30)22-4-6-35-26(15-32-28(35)27(22)29(38)39-2)34-24-14-31-5-3-25(24)40-17-37/h3-6,13-15,17,19-21,34H,7-12,16H2,1-2H3. The molecule has 1 N–H and O–H groups in total. The molecule has 0 saturated heterocycles. The van der Waals surface area contributed by atoms with Crippen LogP contribution in [0.1, 0.15) is 54.6 Å². The molecular weight excluding hydrogens is 508 g/mol. The lowest BCUT2D eigenvalue weighted by molar-refractivity contribution is -0.120. The fraction of sp³-hybridized carbons (Fsp3) is 0.433. The van der Waals surface area contributed by atoms with Gasteiger partial charge in [0, 0.05) is 41.8 Å². The first kappa shape index (κ1) is 24.8. The summed E-state index contributed by atoms with van der Waals surface area (Å²) in [5.74, 6) is 3.07. The van der Waals surface area contributed by atoms with Crippen LogP contribution in [0.5, 0.6) is 5.75 Å². The van der Waals surface area contributed by atoms with Gasteiger partial charge in [0.05, 0.1) is 25.7 Å². The van der Waals surface area contributed by atoms with Gasteiger partial charge in [-0.1, -0.05) is 0 Å². The number of aromatic nitrogens is 5. The zero-order valence-corrected chi connectivity index (χ0v) is 22.7. The normalized spacial score (nSPS) is 24.8. The molecule has 4 bridgehead atoms. The number of anilines is 2. The first-order chi connectivity index (χ1) is 19.5. The van der Waals surface area contributed by atoms with Gasteiger partial charge in [-0.25, -0.2) is 9.78 Å². The number of nitrogens with zero attached hydrogens (tertiary/aromatic N) is 5. The summed E-state index contributed by atoms with van der Waals surface area (Å²) in [6.45, 7) is 3.39. The molecule has 0 spiro atoms. The van der Waals surface area contributed by atoms with E-state index in [4.69, 9.17) is 14.6 Å². The van der Waals surface area contributed by atoms with Crippen molar-refractivity contribution in [2.24, 2.45) is 23.2 Å². The smallest absolute Gasteiger partial charge is 0.342 e. The Morgan fingerprint density at radius 3 is 2.55 bits per heavy atom. The molecule has 8 rings (SSSR count). The molecule has 4 aromatic heterocycles. The van der Waals surface area contributed by atoms with Gasteiger partial charge in [-0.05, 0) is 74.7 Å². The third kappa shape index (κ3) is 4.04. The van der Waals surface area contributed by atoms with Crippen molar-refractivity contribution < 1.29 is 19.1 Å². The fourth-order valence-corrected chi connectivity index (χ4v) is 8.11. The molecule has 0 aromatic carbocycles. The molecule has 10 heteroatoms. The summed E-state index contributed by atoms with van der Waals surface area (Å²) in [6.07, 6.45) is 16.6. The van der Waals surface area contributed by atoms with Crippen molar-refractivity contribution in [2.75, 3.05) is 12.4 Å². The molecule has 4 aliphatic rings. The third-order valence-electron chi connectivity index (χ3n) is 9.33. The van der Waals surface area contributed by atoms with E-state index in [1.165, 1.54) is 51.8 Å². The summed E-state index contributed by atoms with van der Waals surface area (Å²) >= 11 is 0. The van der Waals surface area contributed by atoms with E-state index in [1.54, 1.807) is 22.9 Å². The quantitative estimate of drug-likeness (QED) is 0.240. The van der Waals surface area contributed by atoms with Crippen molar-refractivity contribution in [2.45, 2.75) is 52.0 Å². The minimum Gasteiger partial charge on any atom is -0.465 e. The molecule has 10 nitrogen and oxygen atoms in total. The zero-order valence-electron chi connectivity index (χ0n) is 22.7. The summed E-state index contributed by atoms with van der Waals surface area (Å²) in [5.41, 5.74) is 4.33. The van der Waals surface area contributed by atoms with E-state index in [0.29, 0.717) is 40.4 Å². The molecule has 4 heterocycles. The second-order valence-corrected chi connectivity index (χ2v) is 11.9. The maximum atomic E-state index is 13.2. The molecule has 40 heavy (non-hydrogen) atoms. The van der Waals surface area contributed by atoms with E-state index in [2.05, 4.69) is 26.9 Å². The van der Waals surface area contributed by atoms with Gasteiger partial charge in [0.1, 0.15) is 17.1 Å². The van der Waals surface area contributed by atoms with Crippen LogP contribution in [0.3, 0.4) is 0 Å². The van der Waals surface area contributed by atoms with Gasteiger partial charge < -0.3 is 14.8 Å². The van der Waals surface area contributed by atoms with Gasteiger partial charge in [0.15, 0.2) is 11.4 Å². The molecule has 0 aliphatic heterocycles. The highest BCUT2D eigenvalue weighted by Crippen LogP contribution is 2.60. The zero-order chi connectivity index (χ0) is 27.4. The van der Waals surface area contributed by atoms with Crippen molar-refractivity contribution in [3.8, 4) is 16.9 Å².